The van der Waals surface area contributed by atoms with E-state index in [0.29, 0.717) is 5.69 Å². The molecular weight excluding hydrogens is 270 g/mol. The van der Waals surface area contributed by atoms with Crippen LogP contribution in [0.15, 0.2) is 47.5 Å². The molecule has 3 rings (SSSR count). The maximum Gasteiger partial charge on any atom is 0.167 e. The average molecular weight is 285 g/mol. The van der Waals surface area contributed by atoms with E-state index in [9.17, 15) is 4.79 Å². The molecule has 20 heavy (non-hydrogen) atoms. The molecule has 0 bridgehead atoms. The van der Waals surface area contributed by atoms with Crippen molar-refractivity contribution in [2.45, 2.75) is 10.9 Å². The fourth-order valence-corrected chi connectivity index (χ4v) is 3.62. The molecule has 2 atom stereocenters. The first kappa shape index (κ1) is 13.0. The van der Waals surface area contributed by atoms with Gasteiger partial charge < -0.3 is 4.57 Å². The SMILES string of the molecule is Cn1cc2c(c1C=O)C=CC(c1ccccc1)NS2=N. The molecule has 0 amide bonds. The number of rotatable bonds is 2. The van der Waals surface area contributed by atoms with E-state index < -0.39 is 10.9 Å². The van der Waals surface area contributed by atoms with Crippen LogP contribution in [0.1, 0.15) is 27.7 Å². The van der Waals surface area contributed by atoms with Crippen LogP contribution in [0, 0.1) is 4.78 Å². The molecular formula is C15H15N3OS. The van der Waals surface area contributed by atoms with Crippen LogP contribution >= 0.6 is 0 Å². The maximum atomic E-state index is 11.2. The van der Waals surface area contributed by atoms with Gasteiger partial charge in [0, 0.05) is 18.8 Å². The molecule has 2 N–H and O–H groups in total. The van der Waals surface area contributed by atoms with Crippen molar-refractivity contribution in [1.29, 1.82) is 4.78 Å². The van der Waals surface area contributed by atoms with Crippen LogP contribution in [0.2, 0.25) is 0 Å². The number of aryl methyl sites for hydroxylation is 1. The van der Waals surface area contributed by atoms with Gasteiger partial charge in [0.2, 0.25) is 0 Å². The van der Waals surface area contributed by atoms with Gasteiger partial charge in [0.05, 0.1) is 16.6 Å². The van der Waals surface area contributed by atoms with E-state index in [2.05, 4.69) is 4.72 Å². The molecule has 1 aromatic carbocycles. The highest BCUT2D eigenvalue weighted by molar-refractivity contribution is 7.84. The molecule has 0 saturated heterocycles. The number of benzene rings is 1. The Morgan fingerprint density at radius 2 is 2.10 bits per heavy atom. The minimum Gasteiger partial charge on any atom is -0.347 e. The third-order valence-electron chi connectivity index (χ3n) is 3.42. The molecule has 1 aliphatic rings. The molecule has 0 aliphatic carbocycles. The van der Waals surface area contributed by atoms with Crippen molar-refractivity contribution >= 4 is 23.2 Å². The largest absolute Gasteiger partial charge is 0.347 e. The lowest BCUT2D eigenvalue weighted by Crippen LogP contribution is -2.20. The van der Waals surface area contributed by atoms with E-state index in [1.165, 1.54) is 0 Å². The van der Waals surface area contributed by atoms with Crippen molar-refractivity contribution in [2.75, 3.05) is 0 Å². The number of carbonyl (C=O) groups is 1. The summed E-state index contributed by atoms with van der Waals surface area (Å²) in [5.74, 6) is 0. The van der Waals surface area contributed by atoms with E-state index in [0.717, 1.165) is 22.3 Å². The Labute approximate surface area is 120 Å². The zero-order valence-electron chi connectivity index (χ0n) is 11.0. The number of nitrogens with one attached hydrogen (secondary N) is 2. The summed E-state index contributed by atoms with van der Waals surface area (Å²) in [5.41, 5.74) is 2.60. The number of aldehydes is 1. The predicted octanol–water partition coefficient (Wildman–Crippen LogP) is 2.85. The van der Waals surface area contributed by atoms with E-state index in [-0.39, 0.29) is 6.04 Å². The van der Waals surface area contributed by atoms with Crippen LogP contribution in [0.25, 0.3) is 6.08 Å². The average Bonchev–Trinajstić information content (AvgIpc) is 2.71. The van der Waals surface area contributed by atoms with Gasteiger partial charge in [-0.15, -0.1) is 0 Å². The monoisotopic (exact) mass is 285 g/mol. The Balaban J connectivity index is 2.05. The zero-order valence-corrected chi connectivity index (χ0v) is 11.9. The van der Waals surface area contributed by atoms with Crippen molar-refractivity contribution in [3.63, 3.8) is 0 Å². The van der Waals surface area contributed by atoms with E-state index in [1.807, 2.05) is 55.7 Å². The van der Waals surface area contributed by atoms with Gasteiger partial charge in [-0.2, -0.15) is 0 Å². The van der Waals surface area contributed by atoms with Crippen LogP contribution in [0.3, 0.4) is 0 Å². The molecule has 2 unspecified atom stereocenters. The third kappa shape index (κ3) is 2.15. The number of nitrogens with zero attached hydrogens (tertiary/aromatic N) is 1. The van der Waals surface area contributed by atoms with E-state index >= 15 is 0 Å². The Bertz CT molecular complexity index is 703. The van der Waals surface area contributed by atoms with Gasteiger partial charge in [-0.05, 0) is 16.4 Å². The number of hydrogen-bond acceptors (Lipinski definition) is 2. The fourth-order valence-electron chi connectivity index (χ4n) is 2.37. The first-order chi connectivity index (χ1) is 9.70. The van der Waals surface area contributed by atoms with Crippen LogP contribution in [-0.4, -0.2) is 10.9 Å². The summed E-state index contributed by atoms with van der Waals surface area (Å²) in [5, 5.41) is 0. The highest BCUT2D eigenvalue weighted by Crippen LogP contribution is 2.27. The molecule has 4 nitrogen and oxygen atoms in total. The molecule has 0 fully saturated rings. The summed E-state index contributed by atoms with van der Waals surface area (Å²) in [4.78, 5) is 12.1. The van der Waals surface area contributed by atoms with Crippen molar-refractivity contribution in [3.05, 3.63) is 59.4 Å². The minimum atomic E-state index is -0.846. The fraction of sp³-hybridized carbons (Fsp3) is 0.133. The highest BCUT2D eigenvalue weighted by Gasteiger charge is 2.20. The standard InChI is InChI=1S/C15H15N3OS/c1-18-9-15-12(14(18)10-19)7-8-13(17-20(15)16)11-5-3-2-4-6-11/h2-10,13H,1H3,(H2,16,17). The predicted molar refractivity (Wildman–Crippen MR) is 80.5 cm³/mol. The van der Waals surface area contributed by atoms with Crippen LogP contribution < -0.4 is 4.72 Å². The van der Waals surface area contributed by atoms with E-state index in [4.69, 9.17) is 4.78 Å². The number of fused-ring (bicyclic) bond motifs is 1. The Morgan fingerprint density at radius 1 is 1.35 bits per heavy atom. The number of carbonyl (C=O) groups excluding carboxylic acids is 1. The molecule has 0 radical (unpaired) electrons. The van der Waals surface area contributed by atoms with Gasteiger partial charge in [0.15, 0.2) is 6.29 Å². The summed E-state index contributed by atoms with van der Waals surface area (Å²) < 4.78 is 13.4. The van der Waals surface area contributed by atoms with E-state index in [1.54, 1.807) is 4.57 Å². The second-order valence-corrected chi connectivity index (χ2v) is 5.98. The van der Waals surface area contributed by atoms with Gasteiger partial charge >= 0.3 is 0 Å². The van der Waals surface area contributed by atoms with Crippen molar-refractivity contribution in [2.24, 2.45) is 7.05 Å². The molecule has 2 heterocycles. The van der Waals surface area contributed by atoms with Crippen molar-refractivity contribution in [3.8, 4) is 0 Å². The lowest BCUT2D eigenvalue weighted by molar-refractivity contribution is 0.111. The number of aromatic nitrogens is 1. The van der Waals surface area contributed by atoms with Gasteiger partial charge in [0.1, 0.15) is 0 Å². The normalized spacial score (nSPS) is 21.2. The molecule has 1 aromatic heterocycles. The second-order valence-electron chi connectivity index (χ2n) is 4.69. The summed E-state index contributed by atoms with van der Waals surface area (Å²) in [6, 6.07) is 10.0. The Hall–Kier alpha value is -1.98. The van der Waals surface area contributed by atoms with Crippen LogP contribution in [-0.2, 0) is 17.9 Å². The molecule has 2 aromatic rings. The third-order valence-corrected chi connectivity index (χ3v) is 4.68. The number of hydrogen-bond donors (Lipinski definition) is 2. The minimum absolute atomic E-state index is 0.00533. The van der Waals surface area contributed by atoms with Gasteiger partial charge in [-0.25, -0.2) is 4.72 Å². The first-order valence-electron chi connectivity index (χ1n) is 6.30. The summed E-state index contributed by atoms with van der Waals surface area (Å²) in [6.07, 6.45) is 6.68. The highest BCUT2D eigenvalue weighted by atomic mass is 32.2. The molecule has 1 aliphatic heterocycles. The molecule has 0 spiro atoms. The van der Waals surface area contributed by atoms with Gasteiger partial charge in [-0.3, -0.25) is 9.57 Å². The summed E-state index contributed by atoms with van der Waals surface area (Å²) in [7, 11) is 0.985. The zero-order chi connectivity index (χ0) is 14.1. The Kier molecular flexibility index (Phi) is 3.38. The first-order valence-corrected chi connectivity index (χ1v) is 7.52. The molecule has 0 saturated carbocycles. The smallest absolute Gasteiger partial charge is 0.167 e. The van der Waals surface area contributed by atoms with Crippen molar-refractivity contribution in [1.82, 2.24) is 9.29 Å². The lowest BCUT2D eigenvalue weighted by atomic mass is 10.1. The van der Waals surface area contributed by atoms with Gasteiger partial charge in [0.25, 0.3) is 0 Å². The summed E-state index contributed by atoms with van der Waals surface area (Å²) in [6.45, 7) is 0. The second kappa shape index (κ2) is 5.19. The maximum absolute atomic E-state index is 11.2. The topological polar surface area (TPSA) is 57.9 Å². The Morgan fingerprint density at radius 3 is 2.80 bits per heavy atom. The molecule has 102 valence electrons. The summed E-state index contributed by atoms with van der Waals surface area (Å²) >= 11 is 0. The van der Waals surface area contributed by atoms with Gasteiger partial charge in [-0.1, -0.05) is 42.5 Å². The van der Waals surface area contributed by atoms with Crippen LogP contribution in [0.4, 0.5) is 0 Å². The lowest BCUT2D eigenvalue weighted by Gasteiger charge is -2.14. The quantitative estimate of drug-likeness (QED) is 0.834. The van der Waals surface area contributed by atoms with Crippen molar-refractivity contribution < 1.29 is 4.79 Å². The van der Waals surface area contributed by atoms with Crippen LogP contribution in [0.5, 0.6) is 0 Å². The molecule has 5 heteroatoms.